The highest BCUT2D eigenvalue weighted by atomic mass is 32.2. The first kappa shape index (κ1) is 15.6. The van der Waals surface area contributed by atoms with Crippen molar-refractivity contribution in [1.29, 1.82) is 0 Å². The number of hydrogen-bond acceptors (Lipinski definition) is 5. The number of rotatable bonds is 3. The van der Waals surface area contributed by atoms with Gasteiger partial charge in [-0.2, -0.15) is 0 Å². The Morgan fingerprint density at radius 3 is 2.05 bits per heavy atom. The van der Waals surface area contributed by atoms with Crippen LogP contribution in [0.15, 0.2) is 29.2 Å². The quantitative estimate of drug-likeness (QED) is 0.793. The van der Waals surface area contributed by atoms with Crippen molar-refractivity contribution >= 4 is 16.0 Å². The Bertz CT molecular complexity index is 558. The van der Waals surface area contributed by atoms with Gasteiger partial charge in [-0.25, -0.2) is 18.4 Å². The largest absolute Gasteiger partial charge is 0.459 e. The number of primary sulfonamides is 1. The normalized spacial score (nSPS) is 13.9. The molecule has 7 heteroatoms. The van der Waals surface area contributed by atoms with Crippen LogP contribution in [0.3, 0.4) is 0 Å². The summed E-state index contributed by atoms with van der Waals surface area (Å²) in [4.78, 5) is 11.7. The molecule has 1 aromatic rings. The first-order chi connectivity index (χ1) is 8.50. The van der Waals surface area contributed by atoms with Crippen molar-refractivity contribution in [1.82, 2.24) is 0 Å². The average molecular weight is 286 g/mol. The van der Waals surface area contributed by atoms with Crippen LogP contribution in [0.25, 0.3) is 0 Å². The molecule has 6 nitrogen and oxygen atoms in total. The molecule has 0 aromatic heterocycles. The van der Waals surface area contributed by atoms with Gasteiger partial charge in [0.05, 0.1) is 4.90 Å². The lowest BCUT2D eigenvalue weighted by molar-refractivity contribution is -0.156. The lowest BCUT2D eigenvalue weighted by atomic mass is 10.1. The Morgan fingerprint density at radius 1 is 1.21 bits per heavy atom. The summed E-state index contributed by atoms with van der Waals surface area (Å²) in [5.74, 6) is -0.573. The van der Waals surface area contributed by atoms with Crippen LogP contribution in [-0.2, 0) is 19.6 Å². The Morgan fingerprint density at radius 2 is 1.68 bits per heavy atom. The smallest absolute Gasteiger partial charge is 0.328 e. The van der Waals surface area contributed by atoms with Crippen molar-refractivity contribution in [3.8, 4) is 0 Å². The van der Waals surface area contributed by atoms with E-state index in [1.807, 2.05) is 0 Å². The van der Waals surface area contributed by atoms with Crippen molar-refractivity contribution < 1.29 is 17.9 Å². The monoisotopic (exact) mass is 286 g/mol. The van der Waals surface area contributed by atoms with Crippen LogP contribution in [0.2, 0.25) is 0 Å². The molecule has 0 aliphatic rings. The predicted molar refractivity (Wildman–Crippen MR) is 70.6 cm³/mol. The van der Waals surface area contributed by atoms with Gasteiger partial charge in [-0.1, -0.05) is 12.1 Å². The Hall–Kier alpha value is -1.44. The molecule has 1 atom stereocenters. The van der Waals surface area contributed by atoms with E-state index in [1.54, 1.807) is 20.8 Å². The highest BCUT2D eigenvalue weighted by Gasteiger charge is 2.23. The zero-order valence-electron chi connectivity index (χ0n) is 11.1. The molecular weight excluding hydrogens is 268 g/mol. The fourth-order valence-electron chi connectivity index (χ4n) is 1.37. The highest BCUT2D eigenvalue weighted by molar-refractivity contribution is 7.89. The van der Waals surface area contributed by atoms with Crippen LogP contribution >= 0.6 is 0 Å². The van der Waals surface area contributed by atoms with Gasteiger partial charge in [-0.3, -0.25) is 0 Å². The molecular formula is C12H18N2O4S. The topological polar surface area (TPSA) is 112 Å². The van der Waals surface area contributed by atoms with E-state index in [4.69, 9.17) is 15.6 Å². The minimum Gasteiger partial charge on any atom is -0.459 e. The van der Waals surface area contributed by atoms with Crippen molar-refractivity contribution in [2.75, 3.05) is 0 Å². The van der Waals surface area contributed by atoms with Gasteiger partial charge < -0.3 is 10.5 Å². The molecule has 0 heterocycles. The first-order valence-corrected chi connectivity index (χ1v) is 7.16. The molecule has 106 valence electrons. The number of hydrogen-bond donors (Lipinski definition) is 2. The molecule has 0 bridgehead atoms. The van der Waals surface area contributed by atoms with Gasteiger partial charge in [0.15, 0.2) is 0 Å². The van der Waals surface area contributed by atoms with E-state index in [0.717, 1.165) is 0 Å². The summed E-state index contributed by atoms with van der Waals surface area (Å²) in [7, 11) is -3.75. The minimum atomic E-state index is -3.75. The Labute approximate surface area is 112 Å². The van der Waals surface area contributed by atoms with E-state index in [-0.39, 0.29) is 4.90 Å². The fourth-order valence-corrected chi connectivity index (χ4v) is 1.88. The van der Waals surface area contributed by atoms with Gasteiger partial charge in [0.2, 0.25) is 10.0 Å². The maximum Gasteiger partial charge on any atom is 0.328 e. The maximum absolute atomic E-state index is 11.8. The summed E-state index contributed by atoms with van der Waals surface area (Å²) in [5, 5.41) is 4.98. The summed E-state index contributed by atoms with van der Waals surface area (Å²) < 4.78 is 27.3. The zero-order chi connectivity index (χ0) is 14.8. The summed E-state index contributed by atoms with van der Waals surface area (Å²) in [5.41, 5.74) is 5.58. The molecule has 1 aromatic carbocycles. The van der Waals surface area contributed by atoms with E-state index < -0.39 is 27.6 Å². The van der Waals surface area contributed by atoms with E-state index in [2.05, 4.69) is 0 Å². The summed E-state index contributed by atoms with van der Waals surface area (Å²) >= 11 is 0. The molecule has 0 amide bonds. The van der Waals surface area contributed by atoms with Crippen molar-refractivity contribution in [3.63, 3.8) is 0 Å². The maximum atomic E-state index is 11.8. The van der Waals surface area contributed by atoms with Gasteiger partial charge in [0, 0.05) is 0 Å². The van der Waals surface area contributed by atoms with E-state index >= 15 is 0 Å². The number of ether oxygens (including phenoxy) is 1. The molecule has 0 fully saturated rings. The van der Waals surface area contributed by atoms with E-state index in [9.17, 15) is 13.2 Å². The lowest BCUT2D eigenvalue weighted by Gasteiger charge is -2.22. The number of nitrogens with two attached hydrogens (primary N) is 2. The minimum absolute atomic E-state index is 0.0346. The van der Waals surface area contributed by atoms with Crippen molar-refractivity contribution in [2.45, 2.75) is 37.3 Å². The van der Waals surface area contributed by atoms with Crippen LogP contribution in [0.4, 0.5) is 0 Å². The van der Waals surface area contributed by atoms with Gasteiger partial charge in [-0.15, -0.1) is 0 Å². The number of sulfonamides is 1. The number of carbonyl (C=O) groups excluding carboxylic acids is 1. The molecule has 1 rings (SSSR count). The van der Waals surface area contributed by atoms with Crippen LogP contribution in [0.1, 0.15) is 32.4 Å². The molecule has 0 aliphatic carbocycles. The van der Waals surface area contributed by atoms with Crippen molar-refractivity contribution in [3.05, 3.63) is 29.8 Å². The summed E-state index contributed by atoms with van der Waals surface area (Å²) in [6, 6.07) is 4.51. The molecule has 0 saturated carbocycles. The van der Waals surface area contributed by atoms with Crippen LogP contribution in [0, 0.1) is 0 Å². The predicted octanol–water partition coefficient (Wildman–Crippen LogP) is 0.676. The van der Waals surface area contributed by atoms with E-state index in [1.165, 1.54) is 24.3 Å². The third-order valence-electron chi connectivity index (χ3n) is 2.23. The Kier molecular flexibility index (Phi) is 4.34. The number of carbonyl (C=O) groups is 1. The third-order valence-corrected chi connectivity index (χ3v) is 3.16. The van der Waals surface area contributed by atoms with Crippen molar-refractivity contribution in [2.24, 2.45) is 10.9 Å². The number of esters is 1. The molecule has 4 N–H and O–H groups in total. The lowest BCUT2D eigenvalue weighted by Crippen LogP contribution is -2.31. The van der Waals surface area contributed by atoms with Gasteiger partial charge in [-0.05, 0) is 38.5 Å². The van der Waals surface area contributed by atoms with Gasteiger partial charge >= 0.3 is 5.97 Å². The van der Waals surface area contributed by atoms with Crippen LogP contribution in [0.5, 0.6) is 0 Å². The molecule has 0 aliphatic heterocycles. The second kappa shape index (κ2) is 5.28. The summed E-state index contributed by atoms with van der Waals surface area (Å²) in [6.07, 6.45) is 0. The zero-order valence-corrected chi connectivity index (χ0v) is 11.9. The second-order valence-electron chi connectivity index (χ2n) is 5.13. The second-order valence-corrected chi connectivity index (χ2v) is 6.69. The molecule has 0 spiro atoms. The van der Waals surface area contributed by atoms with Gasteiger partial charge in [0.1, 0.15) is 11.6 Å². The highest BCUT2D eigenvalue weighted by Crippen LogP contribution is 2.18. The molecule has 19 heavy (non-hydrogen) atoms. The third kappa shape index (κ3) is 4.62. The first-order valence-electron chi connectivity index (χ1n) is 5.62. The standard InChI is InChI=1S/C12H18N2O4S/c1-12(2,3)18-11(15)10(13)8-4-6-9(7-5-8)19(14,16)17/h4-7,10H,13H2,1-3H3,(H2,14,16,17). The average Bonchev–Trinajstić information content (AvgIpc) is 2.24. The summed E-state index contributed by atoms with van der Waals surface area (Å²) in [6.45, 7) is 5.21. The van der Waals surface area contributed by atoms with E-state index in [0.29, 0.717) is 5.56 Å². The fraction of sp³-hybridized carbons (Fsp3) is 0.417. The van der Waals surface area contributed by atoms with Gasteiger partial charge in [0.25, 0.3) is 0 Å². The SMILES string of the molecule is CC(C)(C)OC(=O)C(N)c1ccc(S(N)(=O)=O)cc1. The molecule has 0 radical (unpaired) electrons. The molecule has 0 saturated heterocycles. The molecule has 1 unspecified atom stereocenters. The van der Waals surface area contributed by atoms with Crippen LogP contribution < -0.4 is 10.9 Å². The Balaban J connectivity index is 2.90. The van der Waals surface area contributed by atoms with Crippen LogP contribution in [-0.4, -0.2) is 20.0 Å². The number of benzene rings is 1.